The Bertz CT molecular complexity index is 858. The molecule has 0 aliphatic heterocycles. The second kappa shape index (κ2) is 7.52. The summed E-state index contributed by atoms with van der Waals surface area (Å²) < 4.78 is 97.2. The summed E-state index contributed by atoms with van der Waals surface area (Å²) in [6.45, 7) is 0. The Labute approximate surface area is 152 Å². The number of alkyl halides is 7. The Kier molecular flexibility index (Phi) is 5.71. The third-order valence-corrected chi connectivity index (χ3v) is 3.36. The van der Waals surface area contributed by atoms with Crippen molar-refractivity contribution in [3.8, 4) is 11.3 Å². The average Bonchev–Trinajstić information content (AvgIpc) is 3.08. The number of hydrazone groups is 1. The van der Waals surface area contributed by atoms with Crippen LogP contribution < -0.4 is 5.43 Å². The molecule has 152 valence electrons. The predicted molar refractivity (Wildman–Crippen MR) is 82.2 cm³/mol. The van der Waals surface area contributed by atoms with E-state index in [1.54, 1.807) is 0 Å². The van der Waals surface area contributed by atoms with Crippen LogP contribution in [0, 0.1) is 0 Å². The normalized spacial score (nSPS) is 13.0. The Morgan fingerprint density at radius 3 is 2.18 bits per heavy atom. The first-order chi connectivity index (χ1) is 12.9. The van der Waals surface area contributed by atoms with Crippen molar-refractivity contribution in [2.75, 3.05) is 7.11 Å². The van der Waals surface area contributed by atoms with Crippen molar-refractivity contribution in [2.24, 2.45) is 5.10 Å². The number of benzene rings is 1. The topological polar surface area (TPSA) is 63.8 Å². The molecule has 1 aromatic heterocycles. The first-order valence-electron chi connectivity index (χ1n) is 7.30. The second-order valence-electron chi connectivity index (χ2n) is 5.29. The van der Waals surface area contributed by atoms with E-state index in [9.17, 15) is 35.5 Å². The summed E-state index contributed by atoms with van der Waals surface area (Å²) in [6, 6.07) is 2.76. The van der Waals surface area contributed by atoms with Crippen LogP contribution in [0.3, 0.4) is 0 Å². The van der Waals surface area contributed by atoms with E-state index in [-0.39, 0.29) is 17.1 Å². The SMILES string of the molecule is COC(=O)c1ccc(-c2ccc(/C=N\NC(F)(F)C(F)(F)C(F)(F)F)o2)cc1. The van der Waals surface area contributed by atoms with Gasteiger partial charge in [-0.2, -0.15) is 35.8 Å². The van der Waals surface area contributed by atoms with Gasteiger partial charge in [0.05, 0.1) is 18.9 Å². The average molecular weight is 412 g/mol. The largest absolute Gasteiger partial charge is 0.465 e. The van der Waals surface area contributed by atoms with Crippen LogP contribution in [0.1, 0.15) is 16.1 Å². The van der Waals surface area contributed by atoms with E-state index in [0.29, 0.717) is 17.2 Å². The van der Waals surface area contributed by atoms with Gasteiger partial charge in [0.1, 0.15) is 11.5 Å². The van der Waals surface area contributed by atoms with E-state index >= 15 is 0 Å². The Morgan fingerprint density at radius 1 is 1.04 bits per heavy atom. The maximum absolute atomic E-state index is 13.0. The van der Waals surface area contributed by atoms with Crippen LogP contribution in [-0.4, -0.2) is 37.4 Å². The van der Waals surface area contributed by atoms with Gasteiger partial charge < -0.3 is 9.15 Å². The van der Waals surface area contributed by atoms with E-state index in [4.69, 9.17) is 4.42 Å². The molecule has 0 saturated carbocycles. The van der Waals surface area contributed by atoms with E-state index in [0.717, 1.165) is 0 Å². The van der Waals surface area contributed by atoms with Gasteiger partial charge in [-0.1, -0.05) is 12.1 Å². The number of esters is 1. The number of hydrogen-bond acceptors (Lipinski definition) is 5. The molecule has 2 aromatic rings. The minimum atomic E-state index is -6.47. The Balaban J connectivity index is 2.09. The maximum atomic E-state index is 13.0. The highest BCUT2D eigenvalue weighted by Gasteiger charge is 2.73. The molecule has 0 fully saturated rings. The van der Waals surface area contributed by atoms with Crippen molar-refractivity contribution >= 4 is 12.2 Å². The number of carbonyl (C=O) groups is 1. The van der Waals surface area contributed by atoms with Crippen molar-refractivity contribution in [2.45, 2.75) is 18.1 Å². The van der Waals surface area contributed by atoms with Gasteiger partial charge in [-0.3, -0.25) is 0 Å². The van der Waals surface area contributed by atoms with Crippen LogP contribution in [0.5, 0.6) is 0 Å². The molecule has 0 spiro atoms. The predicted octanol–water partition coefficient (Wildman–Crippen LogP) is 4.45. The molecule has 1 N–H and O–H groups in total. The summed E-state index contributed by atoms with van der Waals surface area (Å²) in [5.41, 5.74) is 1.21. The smallest absolute Gasteiger partial charge is 0.462 e. The van der Waals surface area contributed by atoms with Crippen molar-refractivity contribution in [3.63, 3.8) is 0 Å². The lowest BCUT2D eigenvalue weighted by molar-refractivity contribution is -0.361. The highest BCUT2D eigenvalue weighted by atomic mass is 19.4. The molecule has 12 heteroatoms. The third-order valence-electron chi connectivity index (χ3n) is 3.36. The van der Waals surface area contributed by atoms with Gasteiger partial charge in [-0.15, -0.1) is 0 Å². The number of halogens is 7. The fourth-order valence-corrected chi connectivity index (χ4v) is 1.89. The van der Waals surface area contributed by atoms with Gasteiger partial charge in [0, 0.05) is 5.56 Å². The zero-order valence-electron chi connectivity index (χ0n) is 13.9. The Morgan fingerprint density at radius 2 is 1.64 bits per heavy atom. The fraction of sp³-hybridized carbons (Fsp3) is 0.250. The molecule has 0 unspecified atom stereocenters. The number of rotatable bonds is 6. The first-order valence-corrected chi connectivity index (χ1v) is 7.30. The standard InChI is InChI=1S/C16H11F7N2O3/c1-27-13(26)10-4-2-9(3-5-10)12-7-6-11(28-12)8-24-25-16(22,23)14(17,18)15(19,20)21/h2-8,25H,1H3/b24-8-. The van der Waals surface area contributed by atoms with E-state index < -0.39 is 24.1 Å². The molecule has 0 atom stereocenters. The van der Waals surface area contributed by atoms with Crippen LogP contribution in [0.4, 0.5) is 30.7 Å². The molecule has 0 aliphatic carbocycles. The van der Waals surface area contributed by atoms with Crippen molar-refractivity contribution in [1.82, 2.24) is 5.43 Å². The molecule has 1 aromatic carbocycles. The molecule has 0 saturated heterocycles. The number of nitrogens with one attached hydrogen (secondary N) is 1. The molecule has 5 nitrogen and oxygen atoms in total. The number of carbonyl (C=O) groups excluding carboxylic acids is 1. The van der Waals surface area contributed by atoms with Crippen molar-refractivity contribution in [3.05, 3.63) is 47.7 Å². The van der Waals surface area contributed by atoms with E-state index in [1.165, 1.54) is 43.5 Å². The third kappa shape index (κ3) is 4.26. The summed E-state index contributed by atoms with van der Waals surface area (Å²) in [4.78, 5) is 11.3. The zero-order chi connectivity index (χ0) is 21.2. The van der Waals surface area contributed by atoms with Gasteiger partial charge in [-0.05, 0) is 24.3 Å². The summed E-state index contributed by atoms with van der Waals surface area (Å²) in [6.07, 6.45) is -5.96. The van der Waals surface area contributed by atoms with E-state index in [2.05, 4.69) is 9.84 Å². The van der Waals surface area contributed by atoms with Crippen molar-refractivity contribution in [1.29, 1.82) is 0 Å². The van der Waals surface area contributed by atoms with Crippen molar-refractivity contribution < 1.29 is 44.7 Å². The van der Waals surface area contributed by atoms with Crippen LogP contribution in [-0.2, 0) is 4.74 Å². The lowest BCUT2D eigenvalue weighted by Gasteiger charge is -2.27. The van der Waals surface area contributed by atoms with Crippen LogP contribution in [0.25, 0.3) is 11.3 Å². The molecule has 0 bridgehead atoms. The second-order valence-corrected chi connectivity index (χ2v) is 5.29. The number of nitrogens with zero attached hydrogens (tertiary/aromatic N) is 1. The van der Waals surface area contributed by atoms with Gasteiger partial charge >= 0.3 is 24.1 Å². The molecule has 28 heavy (non-hydrogen) atoms. The lowest BCUT2D eigenvalue weighted by Crippen LogP contribution is -2.58. The fourth-order valence-electron chi connectivity index (χ4n) is 1.89. The number of furan rings is 1. The molecule has 0 aliphatic rings. The number of hydrogen-bond donors (Lipinski definition) is 1. The highest BCUT2D eigenvalue weighted by molar-refractivity contribution is 5.89. The van der Waals surface area contributed by atoms with Crippen LogP contribution in [0.15, 0.2) is 45.9 Å². The molecule has 0 radical (unpaired) electrons. The summed E-state index contributed by atoms with van der Waals surface area (Å²) in [5.74, 6) is -6.90. The van der Waals surface area contributed by atoms with Gasteiger partial charge in [-0.25, -0.2) is 10.2 Å². The van der Waals surface area contributed by atoms with Gasteiger partial charge in [0.2, 0.25) is 0 Å². The monoisotopic (exact) mass is 412 g/mol. The maximum Gasteiger partial charge on any atom is 0.462 e. The molecular weight excluding hydrogens is 401 g/mol. The lowest BCUT2D eigenvalue weighted by atomic mass is 10.1. The number of methoxy groups -OCH3 is 1. The minimum Gasteiger partial charge on any atom is -0.465 e. The van der Waals surface area contributed by atoms with Crippen LogP contribution in [0.2, 0.25) is 0 Å². The van der Waals surface area contributed by atoms with E-state index in [1.807, 2.05) is 0 Å². The number of ether oxygens (including phenoxy) is 1. The summed E-state index contributed by atoms with van der Waals surface area (Å²) in [7, 11) is 1.20. The molecule has 0 amide bonds. The molecule has 1 heterocycles. The van der Waals surface area contributed by atoms with Gasteiger partial charge in [0.15, 0.2) is 0 Å². The molecule has 2 rings (SSSR count). The highest BCUT2D eigenvalue weighted by Crippen LogP contribution is 2.44. The zero-order valence-corrected chi connectivity index (χ0v) is 13.9. The Hall–Kier alpha value is -3.05. The van der Waals surface area contributed by atoms with Gasteiger partial charge in [0.25, 0.3) is 0 Å². The summed E-state index contributed by atoms with van der Waals surface area (Å²) in [5, 5.41) is 2.69. The minimum absolute atomic E-state index is 0.199. The first kappa shape index (κ1) is 21.3. The molecular formula is C16H11F7N2O3. The van der Waals surface area contributed by atoms with Crippen LogP contribution >= 0.6 is 0 Å². The quantitative estimate of drug-likeness (QED) is 0.250. The summed E-state index contributed by atoms with van der Waals surface area (Å²) >= 11 is 0.